The third-order valence-corrected chi connectivity index (χ3v) is 6.25. The highest BCUT2D eigenvalue weighted by atomic mass is 35.5. The maximum absolute atomic E-state index is 13.4. The summed E-state index contributed by atoms with van der Waals surface area (Å²) in [5.41, 5.74) is 8.34. The van der Waals surface area contributed by atoms with Crippen LogP contribution >= 0.6 is 11.6 Å². The minimum atomic E-state index is -0.276. The number of anilines is 1. The Kier molecular flexibility index (Phi) is 6.20. The highest BCUT2D eigenvalue weighted by molar-refractivity contribution is 6.35. The van der Waals surface area contributed by atoms with Crippen LogP contribution in [0.4, 0.5) is 5.82 Å². The van der Waals surface area contributed by atoms with Gasteiger partial charge in [-0.3, -0.25) is 14.2 Å². The Labute approximate surface area is 206 Å². The molecule has 4 N–H and O–H groups in total. The van der Waals surface area contributed by atoms with E-state index in [2.05, 4.69) is 15.4 Å². The molecule has 3 heterocycles. The fourth-order valence-corrected chi connectivity index (χ4v) is 4.58. The summed E-state index contributed by atoms with van der Waals surface area (Å²) >= 11 is 6.37. The number of carbonyl (C=O) groups excluding carboxylic acids is 1. The molecule has 0 aliphatic carbocycles. The van der Waals surface area contributed by atoms with Gasteiger partial charge in [0.15, 0.2) is 11.4 Å². The average molecular weight is 488 g/mol. The first-order valence-corrected chi connectivity index (χ1v) is 11.7. The van der Waals surface area contributed by atoms with Gasteiger partial charge in [-0.1, -0.05) is 41.9 Å². The Hall–Kier alpha value is -4.17. The number of para-hydroxylation sites is 1. The molecular formula is C26H24ClN6O2+. The van der Waals surface area contributed by atoms with E-state index in [-0.39, 0.29) is 17.3 Å². The molecule has 9 heteroatoms. The molecule has 5 aromatic rings. The lowest BCUT2D eigenvalue weighted by atomic mass is 10.1. The van der Waals surface area contributed by atoms with Crippen LogP contribution in [0.1, 0.15) is 28.9 Å². The molecule has 0 aliphatic rings. The molecule has 0 fully saturated rings. The van der Waals surface area contributed by atoms with Gasteiger partial charge in [-0.2, -0.15) is 0 Å². The minimum Gasteiger partial charge on any atom is -0.382 e. The number of fused-ring (bicyclic) bond motifs is 2. The van der Waals surface area contributed by atoms with Crippen molar-refractivity contribution in [2.24, 2.45) is 0 Å². The molecule has 3 aromatic heterocycles. The van der Waals surface area contributed by atoms with Gasteiger partial charge in [0.25, 0.3) is 11.5 Å². The largest absolute Gasteiger partial charge is 0.382 e. The Morgan fingerprint density at radius 1 is 1.11 bits per heavy atom. The first-order valence-electron chi connectivity index (χ1n) is 11.3. The molecule has 0 saturated heterocycles. The number of nitrogens with one attached hydrogen (secondary N) is 2. The molecule has 0 aliphatic heterocycles. The maximum Gasteiger partial charge on any atom is 0.362 e. The van der Waals surface area contributed by atoms with Crippen molar-refractivity contribution in [3.8, 4) is 5.69 Å². The van der Waals surface area contributed by atoms with Crippen LogP contribution in [-0.2, 0) is 6.42 Å². The number of nitrogens with two attached hydrogens (primary N) is 1. The predicted octanol–water partition coefficient (Wildman–Crippen LogP) is 3.44. The van der Waals surface area contributed by atoms with Crippen LogP contribution in [0, 0.1) is 0 Å². The molecule has 176 valence electrons. The van der Waals surface area contributed by atoms with E-state index in [0.717, 1.165) is 29.6 Å². The van der Waals surface area contributed by atoms with E-state index in [0.29, 0.717) is 34.6 Å². The lowest BCUT2D eigenvalue weighted by Gasteiger charge is -2.15. The number of halogens is 1. The van der Waals surface area contributed by atoms with Crippen molar-refractivity contribution < 1.29 is 9.31 Å². The van der Waals surface area contributed by atoms with Crippen LogP contribution in [0.3, 0.4) is 0 Å². The summed E-state index contributed by atoms with van der Waals surface area (Å²) in [5, 5.41) is 7.60. The highest BCUT2D eigenvalue weighted by Crippen LogP contribution is 2.23. The number of rotatable bonds is 7. The number of nitrogen functional groups attached to an aromatic ring is 1. The lowest BCUT2D eigenvalue weighted by Crippen LogP contribution is -2.27. The van der Waals surface area contributed by atoms with Gasteiger partial charge >= 0.3 is 5.65 Å². The molecule has 0 atom stereocenters. The summed E-state index contributed by atoms with van der Waals surface area (Å²) in [6.45, 7) is 0.470. The Bertz CT molecular complexity index is 1590. The van der Waals surface area contributed by atoms with Crippen molar-refractivity contribution in [1.82, 2.24) is 20.0 Å². The minimum absolute atomic E-state index is 0.137. The monoisotopic (exact) mass is 487 g/mol. The van der Waals surface area contributed by atoms with Gasteiger partial charge in [-0.15, -0.1) is 4.52 Å². The Morgan fingerprint density at radius 3 is 2.77 bits per heavy atom. The number of hydrogen-bond donors (Lipinski definition) is 3. The van der Waals surface area contributed by atoms with Crippen molar-refractivity contribution in [3.63, 3.8) is 0 Å². The smallest absolute Gasteiger partial charge is 0.362 e. The normalized spacial score (nSPS) is 11.2. The highest BCUT2D eigenvalue weighted by Gasteiger charge is 2.23. The third-order valence-electron chi connectivity index (χ3n) is 5.94. The summed E-state index contributed by atoms with van der Waals surface area (Å²) in [6, 6.07) is 18.8. The zero-order valence-corrected chi connectivity index (χ0v) is 19.6. The summed E-state index contributed by atoms with van der Waals surface area (Å²) in [6.07, 6.45) is 5.52. The molecule has 8 nitrogen and oxygen atoms in total. The number of nitrogens with zero attached hydrogens (tertiary/aromatic N) is 3. The predicted molar refractivity (Wildman–Crippen MR) is 136 cm³/mol. The van der Waals surface area contributed by atoms with E-state index >= 15 is 0 Å². The van der Waals surface area contributed by atoms with Gasteiger partial charge in [-0.05, 0) is 53.9 Å². The fraction of sp³-hybridized carbons (Fsp3) is 0.154. The number of carbonyl (C=O) groups is 1. The van der Waals surface area contributed by atoms with Crippen LogP contribution < -0.4 is 21.1 Å². The second-order valence-corrected chi connectivity index (χ2v) is 8.65. The second-order valence-electron chi connectivity index (χ2n) is 8.24. The first kappa shape index (κ1) is 22.6. The number of aromatic nitrogens is 4. The lowest BCUT2D eigenvalue weighted by molar-refractivity contribution is -0.577. The van der Waals surface area contributed by atoms with Gasteiger partial charge in [0.1, 0.15) is 12.4 Å². The molecule has 35 heavy (non-hydrogen) atoms. The molecule has 0 saturated carbocycles. The van der Waals surface area contributed by atoms with Gasteiger partial charge < -0.3 is 11.1 Å². The van der Waals surface area contributed by atoms with E-state index in [4.69, 9.17) is 17.3 Å². The van der Waals surface area contributed by atoms with E-state index in [1.54, 1.807) is 33.6 Å². The zero-order chi connectivity index (χ0) is 24.4. The summed E-state index contributed by atoms with van der Waals surface area (Å²) < 4.78 is 3.33. The Morgan fingerprint density at radius 2 is 1.94 bits per heavy atom. The summed E-state index contributed by atoms with van der Waals surface area (Å²) in [5.74, 6) is -0.00982. The number of aryl methyl sites for hydroxylation is 1. The van der Waals surface area contributed by atoms with Crippen molar-refractivity contribution >= 4 is 39.7 Å². The average Bonchev–Trinajstić information content (AvgIpc) is 3.20. The quantitative estimate of drug-likeness (QED) is 0.241. The van der Waals surface area contributed by atoms with Crippen molar-refractivity contribution in [2.45, 2.75) is 19.3 Å². The Balaban J connectivity index is 1.32. The van der Waals surface area contributed by atoms with E-state index < -0.39 is 0 Å². The molecule has 0 spiro atoms. The van der Waals surface area contributed by atoms with Gasteiger partial charge in [0, 0.05) is 24.0 Å². The fourth-order valence-electron chi connectivity index (χ4n) is 4.31. The van der Waals surface area contributed by atoms with E-state index in [1.165, 1.54) is 0 Å². The molecule has 2 aromatic carbocycles. The number of pyridine rings is 1. The second kappa shape index (κ2) is 9.60. The number of hydrogen-bond acceptors (Lipinski definition) is 4. The maximum atomic E-state index is 13.4. The van der Waals surface area contributed by atoms with E-state index in [9.17, 15) is 9.59 Å². The SMILES string of the molecule is Nc1[nH][n+]2cccnc2c1C(=O)NCCCCc1cc2cccc(Cl)c2c(=O)n1-c1ccccc1. The van der Waals surface area contributed by atoms with Gasteiger partial charge in [0.2, 0.25) is 0 Å². The standard InChI is InChI=1S/C26H23ClN6O2/c27-20-12-6-8-17-16-19(33(26(35)21(17)20)18-9-2-1-3-10-18)11-4-5-13-30-25(34)22-23(28)31-32-15-7-14-29-24(22)32/h1-3,6-10,12,14-16H,4-5,11,13H2,(H3,28,30,31,34)/p+1. The number of amides is 1. The summed E-state index contributed by atoms with van der Waals surface area (Å²) in [7, 11) is 0. The van der Waals surface area contributed by atoms with Crippen LogP contribution in [0.25, 0.3) is 22.1 Å². The third kappa shape index (κ3) is 4.36. The van der Waals surface area contributed by atoms with Crippen LogP contribution in [0.5, 0.6) is 0 Å². The van der Waals surface area contributed by atoms with Crippen LogP contribution in [0.2, 0.25) is 5.02 Å². The summed E-state index contributed by atoms with van der Waals surface area (Å²) in [4.78, 5) is 30.4. The molecule has 0 radical (unpaired) electrons. The van der Waals surface area contributed by atoms with E-state index in [1.807, 2.05) is 48.5 Å². The van der Waals surface area contributed by atoms with Crippen LogP contribution in [0.15, 0.2) is 77.9 Å². The molecule has 0 bridgehead atoms. The number of benzene rings is 2. The first-order chi connectivity index (χ1) is 17.0. The van der Waals surface area contributed by atoms with Gasteiger partial charge in [0.05, 0.1) is 10.4 Å². The van der Waals surface area contributed by atoms with Crippen molar-refractivity contribution in [3.05, 3.63) is 99.7 Å². The zero-order valence-electron chi connectivity index (χ0n) is 18.9. The molecule has 0 unspecified atom stereocenters. The van der Waals surface area contributed by atoms with Crippen molar-refractivity contribution in [2.75, 3.05) is 12.3 Å². The number of unbranched alkanes of at least 4 members (excludes halogenated alkanes) is 1. The van der Waals surface area contributed by atoms with Gasteiger partial charge in [-0.25, -0.2) is 5.10 Å². The topological polar surface area (TPSA) is 110 Å². The van der Waals surface area contributed by atoms with Crippen LogP contribution in [-0.4, -0.2) is 27.1 Å². The number of H-pyrrole nitrogens is 1. The van der Waals surface area contributed by atoms with Crippen molar-refractivity contribution in [1.29, 1.82) is 0 Å². The molecular weight excluding hydrogens is 464 g/mol. The molecule has 5 rings (SSSR count). The number of aromatic amines is 1. The molecule has 1 amide bonds.